The van der Waals surface area contributed by atoms with Crippen LogP contribution in [-0.4, -0.2) is 44.1 Å². The van der Waals surface area contributed by atoms with Crippen molar-refractivity contribution in [2.75, 3.05) is 20.2 Å². The van der Waals surface area contributed by atoms with Crippen LogP contribution in [0.1, 0.15) is 24.0 Å². The lowest BCUT2D eigenvalue weighted by molar-refractivity contribution is 0.0571. The maximum atomic E-state index is 12.8. The predicted molar refractivity (Wildman–Crippen MR) is 80.9 cm³/mol. The van der Waals surface area contributed by atoms with E-state index in [1.807, 2.05) is 0 Å². The van der Waals surface area contributed by atoms with E-state index >= 15 is 0 Å². The number of piperidine rings is 1. The first kappa shape index (κ1) is 16.7. The summed E-state index contributed by atoms with van der Waals surface area (Å²) < 4.78 is 32.4. The molecular weight excluding hydrogens is 314 g/mol. The summed E-state index contributed by atoms with van der Waals surface area (Å²) in [5.74, 6) is 0. The minimum Gasteiger partial charge on any atom is -0.392 e. The van der Waals surface area contributed by atoms with E-state index in [0.717, 1.165) is 12.8 Å². The zero-order valence-electron chi connectivity index (χ0n) is 12.2. The molecular formula is C14H20ClNO4S. The van der Waals surface area contributed by atoms with Crippen molar-refractivity contribution in [1.82, 2.24) is 4.31 Å². The van der Waals surface area contributed by atoms with Crippen LogP contribution in [-0.2, 0) is 21.4 Å². The van der Waals surface area contributed by atoms with Gasteiger partial charge in [-0.25, -0.2) is 8.42 Å². The first-order valence-electron chi connectivity index (χ1n) is 6.83. The molecule has 21 heavy (non-hydrogen) atoms. The number of nitrogens with zero attached hydrogens (tertiary/aromatic N) is 1. The lowest BCUT2D eigenvalue weighted by Gasteiger charge is -2.31. The number of ether oxygens (including phenoxy) is 1. The SMILES string of the molecule is COC1CCCN(S(=O)(=O)c2cc(Cl)cc(CO)c2C)C1. The normalized spacial score (nSPS) is 20.7. The van der Waals surface area contributed by atoms with E-state index in [9.17, 15) is 13.5 Å². The van der Waals surface area contributed by atoms with Crippen LogP contribution in [0.25, 0.3) is 0 Å². The van der Waals surface area contributed by atoms with Gasteiger partial charge in [-0.05, 0) is 43.0 Å². The van der Waals surface area contributed by atoms with E-state index in [-0.39, 0.29) is 17.6 Å². The molecule has 1 N–H and O–H groups in total. The smallest absolute Gasteiger partial charge is 0.243 e. The molecule has 1 atom stereocenters. The third kappa shape index (κ3) is 3.40. The Morgan fingerprint density at radius 3 is 2.81 bits per heavy atom. The molecule has 1 fully saturated rings. The maximum Gasteiger partial charge on any atom is 0.243 e. The monoisotopic (exact) mass is 333 g/mol. The molecule has 0 radical (unpaired) electrons. The number of benzene rings is 1. The van der Waals surface area contributed by atoms with Crippen LogP contribution >= 0.6 is 11.6 Å². The molecule has 1 aliphatic heterocycles. The summed E-state index contributed by atoms with van der Waals surface area (Å²) in [4.78, 5) is 0.163. The van der Waals surface area contributed by atoms with Crippen molar-refractivity contribution in [3.63, 3.8) is 0 Å². The highest BCUT2D eigenvalue weighted by molar-refractivity contribution is 7.89. The standard InChI is InChI=1S/C14H20ClNO4S/c1-10-11(9-17)6-12(15)7-14(10)21(18,19)16-5-3-4-13(8-16)20-2/h6-7,13,17H,3-5,8-9H2,1-2H3. The summed E-state index contributed by atoms with van der Waals surface area (Å²) in [6, 6.07) is 3.03. The molecule has 0 bridgehead atoms. The van der Waals surface area contributed by atoms with E-state index in [1.165, 1.54) is 10.4 Å². The summed E-state index contributed by atoms with van der Waals surface area (Å²) in [5.41, 5.74) is 1.07. The van der Waals surface area contributed by atoms with Gasteiger partial charge in [-0.2, -0.15) is 4.31 Å². The Morgan fingerprint density at radius 2 is 2.19 bits per heavy atom. The van der Waals surface area contributed by atoms with Gasteiger partial charge in [0, 0.05) is 25.2 Å². The van der Waals surface area contributed by atoms with Crippen molar-refractivity contribution >= 4 is 21.6 Å². The van der Waals surface area contributed by atoms with Crippen molar-refractivity contribution in [3.05, 3.63) is 28.3 Å². The molecule has 5 nitrogen and oxygen atoms in total. The molecule has 1 aliphatic rings. The van der Waals surface area contributed by atoms with E-state index in [1.54, 1.807) is 20.1 Å². The second-order valence-electron chi connectivity index (χ2n) is 5.21. The number of hydrogen-bond acceptors (Lipinski definition) is 4. The van der Waals surface area contributed by atoms with Crippen molar-refractivity contribution in [1.29, 1.82) is 0 Å². The van der Waals surface area contributed by atoms with Gasteiger partial charge in [0.25, 0.3) is 0 Å². The second kappa shape index (κ2) is 6.62. The highest BCUT2D eigenvalue weighted by Crippen LogP contribution is 2.29. The molecule has 0 spiro atoms. The Kier molecular flexibility index (Phi) is 5.27. The number of methoxy groups -OCH3 is 1. The lowest BCUT2D eigenvalue weighted by Crippen LogP contribution is -2.43. The van der Waals surface area contributed by atoms with Crippen LogP contribution in [0.15, 0.2) is 17.0 Å². The van der Waals surface area contributed by atoms with Gasteiger partial charge in [0.05, 0.1) is 17.6 Å². The van der Waals surface area contributed by atoms with E-state index in [4.69, 9.17) is 16.3 Å². The first-order valence-corrected chi connectivity index (χ1v) is 8.64. The minimum absolute atomic E-state index is 0.0784. The average molecular weight is 334 g/mol. The van der Waals surface area contributed by atoms with Gasteiger partial charge in [0.2, 0.25) is 10.0 Å². The summed E-state index contributed by atoms with van der Waals surface area (Å²) in [6.45, 7) is 2.27. The van der Waals surface area contributed by atoms with Crippen LogP contribution in [0, 0.1) is 6.92 Å². The summed E-state index contributed by atoms with van der Waals surface area (Å²) in [6.07, 6.45) is 1.55. The third-order valence-corrected chi connectivity index (χ3v) is 6.10. The number of hydrogen-bond donors (Lipinski definition) is 1. The molecule has 1 aromatic carbocycles. The van der Waals surface area contributed by atoms with Gasteiger partial charge in [0.1, 0.15) is 0 Å². The minimum atomic E-state index is -3.63. The highest BCUT2D eigenvalue weighted by atomic mass is 35.5. The van der Waals surface area contributed by atoms with E-state index in [2.05, 4.69) is 0 Å². The number of aliphatic hydroxyl groups is 1. The van der Waals surface area contributed by atoms with Crippen LogP contribution in [0.4, 0.5) is 0 Å². The molecule has 118 valence electrons. The molecule has 0 aliphatic carbocycles. The topological polar surface area (TPSA) is 66.8 Å². The van der Waals surface area contributed by atoms with E-state index in [0.29, 0.717) is 29.2 Å². The molecule has 1 aromatic rings. The Balaban J connectivity index is 2.42. The molecule has 0 saturated carbocycles. The molecule has 2 rings (SSSR count). The molecule has 1 saturated heterocycles. The third-order valence-electron chi connectivity index (χ3n) is 3.89. The van der Waals surface area contributed by atoms with Crippen molar-refractivity contribution in [2.24, 2.45) is 0 Å². The summed E-state index contributed by atoms with van der Waals surface area (Å²) >= 11 is 5.98. The van der Waals surface area contributed by atoms with Crippen LogP contribution in [0.2, 0.25) is 5.02 Å². The molecule has 0 aromatic heterocycles. The van der Waals surface area contributed by atoms with Gasteiger partial charge in [-0.1, -0.05) is 11.6 Å². The predicted octanol–water partition coefficient (Wildman–Crippen LogP) is 1.94. The maximum absolute atomic E-state index is 12.8. The first-order chi connectivity index (χ1) is 9.90. The van der Waals surface area contributed by atoms with Gasteiger partial charge in [0.15, 0.2) is 0 Å². The largest absolute Gasteiger partial charge is 0.392 e. The number of aliphatic hydroxyl groups excluding tert-OH is 1. The average Bonchev–Trinajstić information content (AvgIpc) is 2.49. The Bertz CT molecular complexity index is 618. The van der Waals surface area contributed by atoms with Gasteiger partial charge in [-0.15, -0.1) is 0 Å². The molecule has 1 unspecified atom stereocenters. The Hall–Kier alpha value is -0.660. The number of halogens is 1. The fourth-order valence-electron chi connectivity index (χ4n) is 2.60. The van der Waals surface area contributed by atoms with Gasteiger partial charge in [-0.3, -0.25) is 0 Å². The van der Waals surface area contributed by atoms with E-state index < -0.39 is 10.0 Å². The van der Waals surface area contributed by atoms with Gasteiger partial charge < -0.3 is 9.84 Å². The fraction of sp³-hybridized carbons (Fsp3) is 0.571. The fourth-order valence-corrected chi connectivity index (χ4v) is 4.70. The summed E-state index contributed by atoms with van der Waals surface area (Å²) in [5, 5.41) is 9.65. The zero-order chi connectivity index (χ0) is 15.6. The van der Waals surface area contributed by atoms with Crippen LogP contribution < -0.4 is 0 Å². The second-order valence-corrected chi connectivity index (χ2v) is 7.55. The molecule has 7 heteroatoms. The Labute approximate surface area is 130 Å². The quantitative estimate of drug-likeness (QED) is 0.914. The van der Waals surface area contributed by atoms with Crippen molar-refractivity contribution in [2.45, 2.75) is 37.4 Å². The number of rotatable bonds is 4. The van der Waals surface area contributed by atoms with Gasteiger partial charge >= 0.3 is 0 Å². The van der Waals surface area contributed by atoms with Crippen molar-refractivity contribution in [3.8, 4) is 0 Å². The number of sulfonamides is 1. The Morgan fingerprint density at radius 1 is 1.48 bits per heavy atom. The highest BCUT2D eigenvalue weighted by Gasteiger charge is 2.31. The van der Waals surface area contributed by atoms with Crippen LogP contribution in [0.5, 0.6) is 0 Å². The zero-order valence-corrected chi connectivity index (χ0v) is 13.7. The molecule has 1 heterocycles. The van der Waals surface area contributed by atoms with Crippen molar-refractivity contribution < 1.29 is 18.3 Å². The molecule has 0 amide bonds. The summed E-state index contributed by atoms with van der Waals surface area (Å²) in [7, 11) is -2.04. The lowest BCUT2D eigenvalue weighted by atomic mass is 10.1. The van der Waals surface area contributed by atoms with Crippen LogP contribution in [0.3, 0.4) is 0 Å².